The lowest BCUT2D eigenvalue weighted by molar-refractivity contribution is 0.0620. The van der Waals surface area contributed by atoms with Gasteiger partial charge in [0.25, 0.3) is 0 Å². The zero-order valence-corrected chi connectivity index (χ0v) is 10.7. The van der Waals surface area contributed by atoms with Gasteiger partial charge in [-0.25, -0.2) is 12.7 Å². The number of alkyl halides is 1. The van der Waals surface area contributed by atoms with Crippen LogP contribution >= 0.6 is 15.9 Å². The third-order valence-electron chi connectivity index (χ3n) is 2.47. The Morgan fingerprint density at radius 1 is 1.43 bits per heavy atom. The van der Waals surface area contributed by atoms with Crippen molar-refractivity contribution in [3.63, 3.8) is 0 Å². The van der Waals surface area contributed by atoms with Crippen molar-refractivity contribution in [1.82, 2.24) is 4.31 Å². The number of halogens is 1. The number of hydrogen-bond acceptors (Lipinski definition) is 3. The molecule has 0 amide bonds. The Labute approximate surface area is 93.8 Å². The number of nitrogens with zero attached hydrogens (tertiary/aromatic N) is 1. The minimum Gasteiger partial charge on any atom is -0.381 e. The van der Waals surface area contributed by atoms with E-state index < -0.39 is 10.0 Å². The van der Waals surface area contributed by atoms with E-state index in [1.54, 1.807) is 7.05 Å². The maximum absolute atomic E-state index is 11.4. The monoisotopic (exact) mass is 285 g/mol. The van der Waals surface area contributed by atoms with E-state index in [0.717, 1.165) is 26.1 Å². The van der Waals surface area contributed by atoms with Gasteiger partial charge < -0.3 is 4.74 Å². The molecule has 1 aliphatic heterocycles. The van der Waals surface area contributed by atoms with Crippen LogP contribution in [0, 0.1) is 5.92 Å². The largest absolute Gasteiger partial charge is 0.381 e. The molecule has 0 N–H and O–H groups in total. The van der Waals surface area contributed by atoms with Gasteiger partial charge in [0.1, 0.15) is 4.66 Å². The van der Waals surface area contributed by atoms with Crippen molar-refractivity contribution in [3.05, 3.63) is 0 Å². The van der Waals surface area contributed by atoms with E-state index in [4.69, 9.17) is 4.74 Å². The standard InChI is InChI=1S/C8H16BrNO3S/c1-10(14(11,12)7-9)6-8-2-4-13-5-3-8/h8H,2-7H2,1H3. The van der Waals surface area contributed by atoms with E-state index in [1.807, 2.05) is 0 Å². The number of sulfonamides is 1. The minimum atomic E-state index is -3.09. The van der Waals surface area contributed by atoms with Crippen molar-refractivity contribution in [3.8, 4) is 0 Å². The summed E-state index contributed by atoms with van der Waals surface area (Å²) in [6, 6.07) is 0. The SMILES string of the molecule is CN(CC1CCOCC1)S(=O)(=O)CBr. The first kappa shape index (κ1) is 12.4. The van der Waals surface area contributed by atoms with Gasteiger partial charge in [-0.15, -0.1) is 0 Å². The van der Waals surface area contributed by atoms with Gasteiger partial charge in [-0.3, -0.25) is 0 Å². The van der Waals surface area contributed by atoms with Crippen LogP contribution in [-0.4, -0.2) is 44.2 Å². The first-order chi connectivity index (χ1) is 6.56. The summed E-state index contributed by atoms with van der Waals surface area (Å²) in [5, 5.41) is 0. The maximum atomic E-state index is 11.4. The predicted octanol–water partition coefficient (Wildman–Crippen LogP) is 1.03. The maximum Gasteiger partial charge on any atom is 0.223 e. The van der Waals surface area contributed by atoms with Crippen LogP contribution in [0.25, 0.3) is 0 Å². The van der Waals surface area contributed by atoms with Gasteiger partial charge in [0, 0.05) is 26.8 Å². The van der Waals surface area contributed by atoms with E-state index in [9.17, 15) is 8.42 Å². The first-order valence-electron chi connectivity index (χ1n) is 4.64. The van der Waals surface area contributed by atoms with Gasteiger partial charge in [0.2, 0.25) is 10.0 Å². The summed E-state index contributed by atoms with van der Waals surface area (Å²) in [4.78, 5) is 0. The topological polar surface area (TPSA) is 46.6 Å². The van der Waals surface area contributed by atoms with E-state index >= 15 is 0 Å². The molecular formula is C8H16BrNO3S. The third kappa shape index (κ3) is 3.49. The van der Waals surface area contributed by atoms with Crippen molar-refractivity contribution in [2.24, 2.45) is 5.92 Å². The molecule has 0 radical (unpaired) electrons. The molecule has 0 unspecified atom stereocenters. The highest BCUT2D eigenvalue weighted by Gasteiger charge is 2.22. The second kappa shape index (κ2) is 5.44. The summed E-state index contributed by atoms with van der Waals surface area (Å²) in [7, 11) is -1.46. The van der Waals surface area contributed by atoms with Gasteiger partial charge >= 0.3 is 0 Å². The van der Waals surface area contributed by atoms with Crippen LogP contribution in [0.5, 0.6) is 0 Å². The summed E-state index contributed by atoms with van der Waals surface area (Å²) in [5.74, 6) is 0.447. The van der Waals surface area contributed by atoms with Crippen molar-refractivity contribution in [2.75, 3.05) is 31.5 Å². The fourth-order valence-corrected chi connectivity index (χ4v) is 3.14. The van der Waals surface area contributed by atoms with Gasteiger partial charge in [0.15, 0.2) is 0 Å². The highest BCUT2D eigenvalue weighted by atomic mass is 79.9. The molecule has 0 saturated carbocycles. The molecule has 1 rings (SSSR count). The number of rotatable bonds is 4. The molecule has 1 heterocycles. The fraction of sp³-hybridized carbons (Fsp3) is 1.00. The Balaban J connectivity index is 2.43. The molecular weight excluding hydrogens is 270 g/mol. The van der Waals surface area contributed by atoms with Gasteiger partial charge in [-0.2, -0.15) is 0 Å². The summed E-state index contributed by atoms with van der Waals surface area (Å²) in [6.45, 7) is 2.12. The smallest absolute Gasteiger partial charge is 0.223 e. The Bertz CT molecular complexity index is 262. The summed E-state index contributed by atoms with van der Waals surface area (Å²) >= 11 is 2.98. The molecule has 0 aromatic rings. The fourth-order valence-electron chi connectivity index (χ4n) is 1.49. The van der Waals surface area contributed by atoms with Crippen molar-refractivity contribution < 1.29 is 13.2 Å². The second-order valence-electron chi connectivity index (χ2n) is 3.56. The summed E-state index contributed by atoms with van der Waals surface area (Å²) < 4.78 is 29.5. The van der Waals surface area contributed by atoms with Crippen molar-refractivity contribution in [1.29, 1.82) is 0 Å². The molecule has 0 aromatic carbocycles. The molecule has 1 saturated heterocycles. The molecule has 0 bridgehead atoms. The lowest BCUT2D eigenvalue weighted by Crippen LogP contribution is -2.34. The van der Waals surface area contributed by atoms with E-state index in [1.165, 1.54) is 4.31 Å². The Morgan fingerprint density at radius 2 is 2.00 bits per heavy atom. The van der Waals surface area contributed by atoms with Crippen LogP contribution in [-0.2, 0) is 14.8 Å². The summed E-state index contributed by atoms with van der Waals surface area (Å²) in [5.41, 5.74) is 0. The van der Waals surface area contributed by atoms with Crippen LogP contribution < -0.4 is 0 Å². The Kier molecular flexibility index (Phi) is 4.82. The van der Waals surface area contributed by atoms with Crippen LogP contribution in [0.15, 0.2) is 0 Å². The van der Waals surface area contributed by atoms with Crippen LogP contribution in [0.2, 0.25) is 0 Å². The summed E-state index contributed by atoms with van der Waals surface area (Å²) in [6.07, 6.45) is 1.92. The first-order valence-corrected chi connectivity index (χ1v) is 7.37. The number of ether oxygens (including phenoxy) is 1. The van der Waals surface area contributed by atoms with Gasteiger partial charge in [0.05, 0.1) is 0 Å². The van der Waals surface area contributed by atoms with Crippen LogP contribution in [0.3, 0.4) is 0 Å². The zero-order chi connectivity index (χ0) is 10.6. The highest BCUT2D eigenvalue weighted by molar-refractivity contribution is 9.10. The number of hydrogen-bond donors (Lipinski definition) is 0. The third-order valence-corrected chi connectivity index (χ3v) is 5.58. The van der Waals surface area contributed by atoms with Gasteiger partial charge in [-0.1, -0.05) is 15.9 Å². The highest BCUT2D eigenvalue weighted by Crippen LogP contribution is 2.17. The van der Waals surface area contributed by atoms with E-state index in [2.05, 4.69) is 15.9 Å². The van der Waals surface area contributed by atoms with Crippen molar-refractivity contribution >= 4 is 26.0 Å². The Hall–Kier alpha value is 0.350. The Morgan fingerprint density at radius 3 is 2.50 bits per heavy atom. The normalized spacial score (nSPS) is 20.2. The molecule has 1 fully saturated rings. The zero-order valence-electron chi connectivity index (χ0n) is 8.28. The molecule has 84 valence electrons. The molecule has 4 nitrogen and oxygen atoms in total. The quantitative estimate of drug-likeness (QED) is 0.725. The second-order valence-corrected chi connectivity index (χ2v) is 6.94. The van der Waals surface area contributed by atoms with E-state index in [-0.39, 0.29) is 4.66 Å². The molecule has 1 aliphatic rings. The predicted molar refractivity (Wildman–Crippen MR) is 58.9 cm³/mol. The minimum absolute atomic E-state index is 0.000278. The average Bonchev–Trinajstić information content (AvgIpc) is 2.19. The molecule has 14 heavy (non-hydrogen) atoms. The molecule has 6 heteroatoms. The van der Waals surface area contributed by atoms with Crippen LogP contribution in [0.4, 0.5) is 0 Å². The molecule has 0 aliphatic carbocycles. The van der Waals surface area contributed by atoms with Crippen LogP contribution in [0.1, 0.15) is 12.8 Å². The average molecular weight is 286 g/mol. The van der Waals surface area contributed by atoms with Gasteiger partial charge in [-0.05, 0) is 18.8 Å². The molecule has 0 aromatic heterocycles. The molecule has 0 atom stereocenters. The van der Waals surface area contributed by atoms with Crippen molar-refractivity contribution in [2.45, 2.75) is 12.8 Å². The molecule has 0 spiro atoms. The van der Waals surface area contributed by atoms with E-state index in [0.29, 0.717) is 12.5 Å². The lowest BCUT2D eigenvalue weighted by atomic mass is 10.0. The lowest BCUT2D eigenvalue weighted by Gasteiger charge is -2.26.